The molecule has 8 nitrogen and oxygen atoms in total. The maximum Gasteiger partial charge on any atom is 0.352 e. The lowest BCUT2D eigenvalue weighted by molar-refractivity contribution is 0.374. The molecule has 0 saturated carbocycles. The Labute approximate surface area is 164 Å². The zero-order chi connectivity index (χ0) is 20.6. The second-order valence-corrected chi connectivity index (χ2v) is 7.82. The normalized spacial score (nSPS) is 12.0. The fraction of sp³-hybridized carbons (Fsp3) is 0.500. The summed E-state index contributed by atoms with van der Waals surface area (Å²) in [5.74, 6) is 0.355. The second kappa shape index (κ2) is 7.81. The predicted molar refractivity (Wildman–Crippen MR) is 111 cm³/mol. The highest BCUT2D eigenvalue weighted by Crippen LogP contribution is 2.23. The molecule has 2 aliphatic rings. The van der Waals surface area contributed by atoms with Gasteiger partial charge in [-0.2, -0.15) is 4.98 Å². The third-order valence-electron chi connectivity index (χ3n) is 5.00. The monoisotopic (exact) mass is 384 g/mol. The molecule has 150 valence electrons. The first-order chi connectivity index (χ1) is 13.2. The molecule has 0 saturated heterocycles. The largest absolute Gasteiger partial charge is 0.352 e. The third-order valence-corrected chi connectivity index (χ3v) is 5.00. The van der Waals surface area contributed by atoms with E-state index in [2.05, 4.69) is 20.9 Å². The maximum atomic E-state index is 13.1. The van der Waals surface area contributed by atoms with Crippen LogP contribution in [0.15, 0.2) is 21.7 Å². The number of rotatable bonds is 6. The van der Waals surface area contributed by atoms with E-state index < -0.39 is 5.69 Å². The molecule has 0 spiro atoms. The number of aromatic nitrogens is 4. The van der Waals surface area contributed by atoms with E-state index in [1.54, 1.807) is 0 Å². The van der Waals surface area contributed by atoms with E-state index in [1.807, 2.05) is 57.6 Å². The van der Waals surface area contributed by atoms with Crippen molar-refractivity contribution in [1.29, 1.82) is 0 Å². The Bertz CT molecular complexity index is 1100. The van der Waals surface area contributed by atoms with Crippen LogP contribution >= 0.6 is 0 Å². The van der Waals surface area contributed by atoms with Crippen molar-refractivity contribution in [1.82, 2.24) is 28.9 Å². The van der Waals surface area contributed by atoms with Crippen molar-refractivity contribution in [2.24, 2.45) is 0 Å². The molecular weight excluding hydrogens is 356 g/mol. The first-order valence-electron chi connectivity index (χ1n) is 9.41. The zero-order valence-electron chi connectivity index (χ0n) is 17.5. The molecular formula is C20H28N6O2. The molecule has 0 bridgehead atoms. The van der Waals surface area contributed by atoms with E-state index in [-0.39, 0.29) is 17.8 Å². The number of benzene rings is 1. The highest BCUT2D eigenvalue weighted by atomic mass is 16.2. The van der Waals surface area contributed by atoms with Crippen LogP contribution in [0.1, 0.15) is 11.1 Å². The van der Waals surface area contributed by atoms with E-state index >= 15 is 0 Å². The van der Waals surface area contributed by atoms with Crippen molar-refractivity contribution >= 4 is 11.0 Å². The van der Waals surface area contributed by atoms with Gasteiger partial charge >= 0.3 is 5.69 Å². The average molecular weight is 384 g/mol. The van der Waals surface area contributed by atoms with E-state index in [0.717, 1.165) is 28.7 Å². The standard InChI is InChI=1S/C20H28N6O2/c1-13-11-15-16(12-14(13)2)25(9-7-23(3)4)18-17(21-15)19(27)26(20(28)22-18)10-8-24(5)6/h11-12H,7-10H2,1-6H3. The predicted octanol–water partition coefficient (Wildman–Crippen LogP) is 0.798. The first kappa shape index (κ1) is 20.2. The van der Waals surface area contributed by atoms with Gasteiger partial charge in [-0.25, -0.2) is 9.78 Å². The quantitative estimate of drug-likeness (QED) is 0.585. The van der Waals surface area contributed by atoms with Crippen molar-refractivity contribution in [3.8, 4) is 11.5 Å². The van der Waals surface area contributed by atoms with Crippen molar-refractivity contribution in [2.75, 3.05) is 41.3 Å². The Morgan fingerprint density at radius 1 is 0.857 bits per heavy atom. The number of aryl methyl sites for hydroxylation is 2. The summed E-state index contributed by atoms with van der Waals surface area (Å²) < 4.78 is 3.13. The van der Waals surface area contributed by atoms with Crippen molar-refractivity contribution < 1.29 is 0 Å². The zero-order valence-corrected chi connectivity index (χ0v) is 17.5. The molecule has 2 heterocycles. The van der Waals surface area contributed by atoms with Gasteiger partial charge in [0.05, 0.1) is 11.0 Å². The van der Waals surface area contributed by atoms with Crippen LogP contribution in [0.4, 0.5) is 0 Å². The highest BCUT2D eigenvalue weighted by Gasteiger charge is 2.22. The lowest BCUT2D eigenvalue weighted by atomic mass is 10.1. The second-order valence-electron chi connectivity index (χ2n) is 7.82. The van der Waals surface area contributed by atoms with Gasteiger partial charge < -0.3 is 14.4 Å². The molecule has 0 amide bonds. The van der Waals surface area contributed by atoms with Gasteiger partial charge in [0.1, 0.15) is 0 Å². The van der Waals surface area contributed by atoms with Crippen LogP contribution in [0.25, 0.3) is 22.6 Å². The number of hydrogen-bond acceptors (Lipinski definition) is 6. The van der Waals surface area contributed by atoms with E-state index in [0.29, 0.717) is 18.9 Å². The number of hydrogen-bond donors (Lipinski definition) is 0. The minimum atomic E-state index is -0.525. The van der Waals surface area contributed by atoms with E-state index in [1.165, 1.54) is 4.57 Å². The molecule has 1 aromatic carbocycles. The van der Waals surface area contributed by atoms with Crippen LogP contribution in [-0.2, 0) is 13.1 Å². The van der Waals surface area contributed by atoms with Gasteiger partial charge in [0.15, 0.2) is 11.5 Å². The molecule has 0 N–H and O–H groups in total. The molecule has 0 radical (unpaired) electrons. The summed E-state index contributed by atoms with van der Waals surface area (Å²) in [6, 6.07) is 4.04. The first-order valence-corrected chi connectivity index (χ1v) is 9.41. The topological polar surface area (TPSA) is 76.3 Å². The fourth-order valence-corrected chi connectivity index (χ4v) is 3.15. The summed E-state index contributed by atoms with van der Waals surface area (Å²) >= 11 is 0. The van der Waals surface area contributed by atoms with E-state index in [9.17, 15) is 9.59 Å². The lowest BCUT2D eigenvalue weighted by Crippen LogP contribution is -2.41. The van der Waals surface area contributed by atoms with Gasteiger partial charge in [-0.3, -0.25) is 9.36 Å². The lowest BCUT2D eigenvalue weighted by Gasteiger charge is -2.20. The Morgan fingerprint density at radius 2 is 1.43 bits per heavy atom. The van der Waals surface area contributed by atoms with Gasteiger partial charge in [0.2, 0.25) is 0 Å². The molecule has 3 rings (SSSR count). The summed E-state index contributed by atoms with van der Waals surface area (Å²) in [5.41, 5.74) is 3.21. The fourth-order valence-electron chi connectivity index (χ4n) is 3.15. The summed E-state index contributed by atoms with van der Waals surface area (Å²) in [6.45, 7) is 6.30. The highest BCUT2D eigenvalue weighted by molar-refractivity contribution is 5.81. The Morgan fingerprint density at radius 3 is 2.04 bits per heavy atom. The van der Waals surface area contributed by atoms with Crippen LogP contribution < -0.4 is 11.2 Å². The molecule has 0 unspecified atom stereocenters. The van der Waals surface area contributed by atoms with Crippen molar-refractivity contribution in [3.63, 3.8) is 0 Å². The van der Waals surface area contributed by atoms with Crippen molar-refractivity contribution in [2.45, 2.75) is 26.9 Å². The summed E-state index contributed by atoms with van der Waals surface area (Å²) in [4.78, 5) is 38.5. The van der Waals surface area contributed by atoms with Crippen LogP contribution in [0, 0.1) is 13.8 Å². The maximum absolute atomic E-state index is 13.1. The molecule has 0 atom stereocenters. The summed E-state index contributed by atoms with van der Waals surface area (Å²) in [5, 5.41) is 0. The molecule has 1 aromatic rings. The van der Waals surface area contributed by atoms with Crippen molar-refractivity contribution in [3.05, 3.63) is 44.1 Å². The Hall–Kier alpha value is -2.58. The Kier molecular flexibility index (Phi) is 5.62. The van der Waals surface area contributed by atoms with Gasteiger partial charge in [-0.05, 0) is 65.3 Å². The molecule has 28 heavy (non-hydrogen) atoms. The van der Waals surface area contributed by atoms with Crippen LogP contribution in [0.3, 0.4) is 0 Å². The minimum Gasteiger partial charge on any atom is -0.321 e. The third kappa shape index (κ3) is 3.83. The molecule has 0 aliphatic carbocycles. The SMILES string of the molecule is Cc1cc2nc3c(=O)n(CCN(C)C)c(=O)nc-3n(CCN(C)C)c2cc1C. The van der Waals surface area contributed by atoms with Gasteiger partial charge in [-0.1, -0.05) is 0 Å². The number of nitrogens with zero attached hydrogens (tertiary/aromatic N) is 6. The molecule has 8 heteroatoms. The number of fused-ring (bicyclic) bond motifs is 2. The van der Waals surface area contributed by atoms with Gasteiger partial charge in [-0.15, -0.1) is 0 Å². The van der Waals surface area contributed by atoms with Gasteiger partial charge in [0.25, 0.3) is 5.56 Å². The smallest absolute Gasteiger partial charge is 0.321 e. The average Bonchev–Trinajstić information content (AvgIpc) is 2.60. The van der Waals surface area contributed by atoms with Crippen LogP contribution in [-0.4, -0.2) is 70.2 Å². The Balaban J connectivity index is 2.32. The van der Waals surface area contributed by atoms with Crippen LogP contribution in [0.5, 0.6) is 0 Å². The molecule has 0 fully saturated rings. The molecule has 2 aliphatic heterocycles. The number of likely N-dealkylation sites (N-methyl/N-ethyl adjacent to an activating group) is 2. The van der Waals surface area contributed by atoms with Crippen LogP contribution in [0.2, 0.25) is 0 Å². The van der Waals surface area contributed by atoms with Gasteiger partial charge in [0, 0.05) is 26.2 Å². The molecule has 0 aromatic heterocycles. The summed E-state index contributed by atoms with van der Waals surface area (Å²) in [6.07, 6.45) is 0. The van der Waals surface area contributed by atoms with E-state index in [4.69, 9.17) is 0 Å². The summed E-state index contributed by atoms with van der Waals surface area (Å²) in [7, 11) is 7.77. The minimum absolute atomic E-state index is 0.243.